The van der Waals surface area contributed by atoms with Crippen LogP contribution in [0.3, 0.4) is 0 Å². The number of hydrogen-bond acceptors (Lipinski definition) is 3. The highest BCUT2D eigenvalue weighted by Gasteiger charge is 2.33. The second kappa shape index (κ2) is 6.18. The van der Waals surface area contributed by atoms with Crippen molar-refractivity contribution in [3.8, 4) is 0 Å². The molecule has 0 aliphatic carbocycles. The summed E-state index contributed by atoms with van der Waals surface area (Å²) in [7, 11) is 0. The zero-order valence-electron chi connectivity index (χ0n) is 10.6. The van der Waals surface area contributed by atoms with Crippen molar-refractivity contribution in [1.29, 1.82) is 0 Å². The summed E-state index contributed by atoms with van der Waals surface area (Å²) >= 11 is 0. The van der Waals surface area contributed by atoms with Crippen molar-refractivity contribution in [2.75, 3.05) is 13.2 Å². The molecule has 5 nitrogen and oxygen atoms in total. The van der Waals surface area contributed by atoms with Crippen molar-refractivity contribution >= 4 is 11.9 Å². The number of carboxylic acid groups (broad SMARTS) is 1. The molecule has 2 aliphatic heterocycles. The van der Waals surface area contributed by atoms with Gasteiger partial charge < -0.3 is 14.7 Å². The number of ether oxygens (including phenoxy) is 1. The highest BCUT2D eigenvalue weighted by Crippen LogP contribution is 2.24. The number of nitrogens with zero attached hydrogens (tertiary/aromatic N) is 1. The van der Waals surface area contributed by atoms with Crippen molar-refractivity contribution < 1.29 is 19.4 Å². The van der Waals surface area contributed by atoms with E-state index in [-0.39, 0.29) is 24.5 Å². The molecule has 5 heteroatoms. The first-order valence-corrected chi connectivity index (χ1v) is 6.82. The number of amides is 1. The van der Waals surface area contributed by atoms with Crippen LogP contribution in [0.4, 0.5) is 0 Å². The van der Waals surface area contributed by atoms with Crippen LogP contribution in [0.1, 0.15) is 44.9 Å². The van der Waals surface area contributed by atoms with E-state index in [0.717, 1.165) is 38.6 Å². The third kappa shape index (κ3) is 3.22. The van der Waals surface area contributed by atoms with Crippen LogP contribution in [0, 0.1) is 0 Å². The Balaban J connectivity index is 1.93. The Kier molecular flexibility index (Phi) is 4.58. The number of likely N-dealkylation sites (tertiary alicyclic amines) is 1. The van der Waals surface area contributed by atoms with Gasteiger partial charge >= 0.3 is 5.97 Å². The van der Waals surface area contributed by atoms with Crippen molar-refractivity contribution in [2.24, 2.45) is 0 Å². The fraction of sp³-hybridized carbons (Fsp3) is 0.846. The van der Waals surface area contributed by atoms with Crippen LogP contribution in [0.5, 0.6) is 0 Å². The first kappa shape index (κ1) is 13.3. The van der Waals surface area contributed by atoms with Crippen LogP contribution in [0.2, 0.25) is 0 Å². The molecule has 2 aliphatic rings. The Hall–Kier alpha value is -1.10. The Morgan fingerprint density at radius 2 is 2.06 bits per heavy atom. The minimum atomic E-state index is -0.787. The quantitative estimate of drug-likeness (QED) is 0.824. The smallest absolute Gasteiger partial charge is 0.303 e. The van der Waals surface area contributed by atoms with Gasteiger partial charge in [0, 0.05) is 25.6 Å². The molecule has 0 radical (unpaired) electrons. The minimum Gasteiger partial charge on any atom is -0.481 e. The van der Waals surface area contributed by atoms with Gasteiger partial charge in [-0.3, -0.25) is 9.59 Å². The van der Waals surface area contributed by atoms with E-state index in [1.165, 1.54) is 0 Å². The number of carbonyl (C=O) groups is 2. The SMILES string of the molecule is O=C(O)CCC1CCCCN1C(=O)[C@@H]1CCCO1. The van der Waals surface area contributed by atoms with E-state index in [0.29, 0.717) is 13.0 Å². The molecule has 18 heavy (non-hydrogen) atoms. The third-order valence-corrected chi connectivity index (χ3v) is 3.81. The van der Waals surface area contributed by atoms with Crippen LogP contribution in [0.25, 0.3) is 0 Å². The first-order chi connectivity index (χ1) is 8.68. The molecule has 1 N–H and O–H groups in total. The monoisotopic (exact) mass is 255 g/mol. The predicted octanol–water partition coefficient (Wildman–Crippen LogP) is 1.41. The second-order valence-electron chi connectivity index (χ2n) is 5.12. The van der Waals surface area contributed by atoms with Gasteiger partial charge in [-0.1, -0.05) is 0 Å². The highest BCUT2D eigenvalue weighted by atomic mass is 16.5. The number of aliphatic carboxylic acids is 1. The van der Waals surface area contributed by atoms with Crippen LogP contribution >= 0.6 is 0 Å². The number of piperidine rings is 1. The molecule has 2 rings (SSSR count). The summed E-state index contributed by atoms with van der Waals surface area (Å²) in [6.07, 6.45) is 5.20. The Labute approximate surface area is 107 Å². The summed E-state index contributed by atoms with van der Waals surface area (Å²) in [5.41, 5.74) is 0. The van der Waals surface area contributed by atoms with Gasteiger partial charge in [-0.05, 0) is 38.5 Å². The molecule has 0 aromatic rings. The topological polar surface area (TPSA) is 66.8 Å². The van der Waals surface area contributed by atoms with Crippen molar-refractivity contribution in [1.82, 2.24) is 4.90 Å². The van der Waals surface area contributed by atoms with Gasteiger partial charge in [0.1, 0.15) is 6.10 Å². The standard InChI is InChI=1S/C13H21NO4/c15-12(16)7-6-10-4-1-2-8-14(10)13(17)11-5-3-9-18-11/h10-11H,1-9H2,(H,15,16)/t10?,11-/m0/s1. The zero-order valence-corrected chi connectivity index (χ0v) is 10.6. The molecule has 0 spiro atoms. The maximum absolute atomic E-state index is 12.3. The minimum absolute atomic E-state index is 0.0718. The van der Waals surface area contributed by atoms with Gasteiger partial charge in [0.2, 0.25) is 0 Å². The van der Waals surface area contributed by atoms with Gasteiger partial charge in [0.05, 0.1) is 0 Å². The summed E-state index contributed by atoms with van der Waals surface area (Å²) < 4.78 is 5.43. The van der Waals surface area contributed by atoms with E-state index in [9.17, 15) is 9.59 Å². The second-order valence-corrected chi connectivity index (χ2v) is 5.12. The van der Waals surface area contributed by atoms with E-state index >= 15 is 0 Å². The Morgan fingerprint density at radius 3 is 2.72 bits per heavy atom. The normalized spacial score (nSPS) is 28.3. The predicted molar refractivity (Wildman–Crippen MR) is 65.2 cm³/mol. The lowest BCUT2D eigenvalue weighted by Crippen LogP contribution is -2.48. The van der Waals surface area contributed by atoms with E-state index in [1.807, 2.05) is 4.90 Å². The Bertz CT molecular complexity index is 312. The summed E-state index contributed by atoms with van der Waals surface area (Å²) in [4.78, 5) is 24.8. The Morgan fingerprint density at radius 1 is 1.22 bits per heavy atom. The van der Waals surface area contributed by atoms with Crippen molar-refractivity contribution in [3.05, 3.63) is 0 Å². The fourth-order valence-electron chi connectivity index (χ4n) is 2.84. The van der Waals surface area contributed by atoms with E-state index in [2.05, 4.69) is 0 Å². The highest BCUT2D eigenvalue weighted by molar-refractivity contribution is 5.81. The van der Waals surface area contributed by atoms with E-state index in [1.54, 1.807) is 0 Å². The molecule has 1 amide bonds. The number of carbonyl (C=O) groups excluding carboxylic acids is 1. The average Bonchev–Trinajstić information content (AvgIpc) is 2.89. The molecule has 2 fully saturated rings. The molecule has 1 unspecified atom stereocenters. The number of rotatable bonds is 4. The molecular formula is C13H21NO4. The molecule has 0 aromatic carbocycles. The summed E-state index contributed by atoms with van der Waals surface area (Å²) in [6, 6.07) is 0.0894. The number of hydrogen-bond donors (Lipinski definition) is 1. The van der Waals surface area contributed by atoms with Gasteiger partial charge in [-0.25, -0.2) is 0 Å². The molecular weight excluding hydrogens is 234 g/mol. The average molecular weight is 255 g/mol. The molecule has 0 saturated carbocycles. The summed E-state index contributed by atoms with van der Waals surface area (Å²) in [5.74, 6) is -0.715. The largest absolute Gasteiger partial charge is 0.481 e. The van der Waals surface area contributed by atoms with Gasteiger partial charge in [-0.2, -0.15) is 0 Å². The fourth-order valence-corrected chi connectivity index (χ4v) is 2.84. The van der Waals surface area contributed by atoms with E-state index < -0.39 is 5.97 Å². The van der Waals surface area contributed by atoms with Crippen LogP contribution in [-0.4, -0.2) is 47.2 Å². The van der Waals surface area contributed by atoms with Crippen LogP contribution in [-0.2, 0) is 14.3 Å². The molecule has 2 heterocycles. The van der Waals surface area contributed by atoms with Gasteiger partial charge in [0.15, 0.2) is 0 Å². The number of carboxylic acids is 1. The van der Waals surface area contributed by atoms with Gasteiger partial charge in [-0.15, -0.1) is 0 Å². The molecule has 2 atom stereocenters. The molecule has 0 bridgehead atoms. The first-order valence-electron chi connectivity index (χ1n) is 6.82. The van der Waals surface area contributed by atoms with Crippen molar-refractivity contribution in [3.63, 3.8) is 0 Å². The van der Waals surface area contributed by atoms with Crippen molar-refractivity contribution in [2.45, 2.75) is 57.1 Å². The van der Waals surface area contributed by atoms with E-state index in [4.69, 9.17) is 9.84 Å². The molecule has 0 aromatic heterocycles. The lowest BCUT2D eigenvalue weighted by molar-refractivity contribution is -0.146. The molecule has 102 valence electrons. The van der Waals surface area contributed by atoms with Crippen LogP contribution in [0.15, 0.2) is 0 Å². The maximum atomic E-state index is 12.3. The lowest BCUT2D eigenvalue weighted by atomic mass is 9.97. The van der Waals surface area contributed by atoms with Gasteiger partial charge in [0.25, 0.3) is 5.91 Å². The zero-order chi connectivity index (χ0) is 13.0. The summed E-state index contributed by atoms with van der Waals surface area (Å²) in [6.45, 7) is 1.42. The molecule has 2 saturated heterocycles. The lowest BCUT2D eigenvalue weighted by Gasteiger charge is -2.37. The maximum Gasteiger partial charge on any atom is 0.303 e. The summed E-state index contributed by atoms with van der Waals surface area (Å²) in [5, 5.41) is 8.75. The third-order valence-electron chi connectivity index (χ3n) is 3.81. The van der Waals surface area contributed by atoms with Crippen LogP contribution < -0.4 is 0 Å².